The van der Waals surface area contributed by atoms with E-state index in [1.165, 1.54) is 0 Å². The molecule has 1 heterocycles. The molecule has 1 aliphatic heterocycles. The Morgan fingerprint density at radius 1 is 1.21 bits per heavy atom. The first-order valence-corrected chi connectivity index (χ1v) is 4.65. The first kappa shape index (κ1) is 11.8. The van der Waals surface area contributed by atoms with Crippen molar-refractivity contribution in [2.24, 2.45) is 0 Å². The fourth-order valence-electron chi connectivity index (χ4n) is 1.55. The molecule has 1 rings (SSSR count). The van der Waals surface area contributed by atoms with E-state index in [-0.39, 0.29) is 0 Å². The van der Waals surface area contributed by atoms with Gasteiger partial charge in [-0.25, -0.2) is 0 Å². The second-order valence-corrected chi connectivity index (χ2v) is 3.31. The van der Waals surface area contributed by atoms with Crippen molar-refractivity contribution in [3.8, 4) is 0 Å². The number of hydrogen-bond acceptors (Lipinski definition) is 6. The van der Waals surface area contributed by atoms with Crippen molar-refractivity contribution < 1.29 is 25.2 Å². The van der Waals surface area contributed by atoms with Gasteiger partial charge in [-0.05, 0) is 6.54 Å². The molecule has 0 amide bonds. The second-order valence-electron chi connectivity index (χ2n) is 3.31. The molecular formula is C8H17NO5. The van der Waals surface area contributed by atoms with Crippen molar-refractivity contribution in [2.75, 3.05) is 13.2 Å². The zero-order valence-electron chi connectivity index (χ0n) is 8.00. The van der Waals surface area contributed by atoms with Gasteiger partial charge in [0, 0.05) is 0 Å². The van der Waals surface area contributed by atoms with Crippen LogP contribution in [0.15, 0.2) is 0 Å². The first-order chi connectivity index (χ1) is 6.61. The van der Waals surface area contributed by atoms with Gasteiger partial charge >= 0.3 is 0 Å². The maximum atomic E-state index is 9.58. The Bertz CT molecular complexity index is 179. The van der Waals surface area contributed by atoms with Crippen LogP contribution in [0.5, 0.6) is 0 Å². The minimum Gasteiger partial charge on any atom is -0.394 e. The van der Waals surface area contributed by atoms with Crippen LogP contribution in [0.2, 0.25) is 0 Å². The van der Waals surface area contributed by atoms with Gasteiger partial charge in [0.15, 0.2) is 6.29 Å². The van der Waals surface area contributed by atoms with Crippen molar-refractivity contribution >= 4 is 0 Å². The average molecular weight is 207 g/mol. The molecule has 5 atom stereocenters. The lowest BCUT2D eigenvalue weighted by atomic mass is 9.97. The van der Waals surface area contributed by atoms with Crippen LogP contribution in [0.25, 0.3) is 0 Å². The molecule has 5 N–H and O–H groups in total. The maximum Gasteiger partial charge on any atom is 0.173 e. The predicted octanol–water partition coefficient (Wildman–Crippen LogP) is -2.60. The van der Waals surface area contributed by atoms with E-state index in [2.05, 4.69) is 5.32 Å². The fraction of sp³-hybridized carbons (Fsp3) is 1.00. The highest BCUT2D eigenvalue weighted by Gasteiger charge is 2.42. The van der Waals surface area contributed by atoms with Crippen LogP contribution < -0.4 is 5.32 Å². The number of ether oxygens (including phenoxy) is 1. The third kappa shape index (κ3) is 2.22. The summed E-state index contributed by atoms with van der Waals surface area (Å²) in [7, 11) is 0. The molecule has 0 aromatic rings. The Kier molecular flexibility index (Phi) is 4.24. The molecule has 0 aromatic carbocycles. The number of hydrogen-bond donors (Lipinski definition) is 5. The molecule has 6 nitrogen and oxygen atoms in total. The van der Waals surface area contributed by atoms with E-state index < -0.39 is 37.3 Å². The molecule has 1 unspecified atom stereocenters. The standard InChI is InChI=1S/C8H17NO5/c1-2-9-5-7(12)6(11)4(3-10)14-8(5)13/h4-13H,2-3H2,1H3/t4-,5-,6+,7-,8?/m1/s1. The Balaban J connectivity index is 2.63. The summed E-state index contributed by atoms with van der Waals surface area (Å²) >= 11 is 0. The average Bonchev–Trinajstić information content (AvgIpc) is 2.18. The molecule has 1 fully saturated rings. The van der Waals surface area contributed by atoms with Gasteiger partial charge in [0.1, 0.15) is 18.3 Å². The number of aliphatic hydroxyl groups excluding tert-OH is 4. The number of likely N-dealkylation sites (N-methyl/N-ethyl adjacent to an activating group) is 1. The smallest absolute Gasteiger partial charge is 0.173 e. The van der Waals surface area contributed by atoms with Crippen LogP contribution in [-0.4, -0.2) is 64.2 Å². The number of aliphatic hydroxyl groups is 4. The molecule has 0 saturated carbocycles. The second kappa shape index (κ2) is 5.01. The molecule has 0 aromatic heterocycles. The Morgan fingerprint density at radius 3 is 2.36 bits per heavy atom. The quantitative estimate of drug-likeness (QED) is 0.348. The van der Waals surface area contributed by atoms with E-state index in [0.717, 1.165) is 0 Å². The predicted molar refractivity (Wildman–Crippen MR) is 47.4 cm³/mol. The van der Waals surface area contributed by atoms with Crippen molar-refractivity contribution in [1.82, 2.24) is 5.32 Å². The normalized spacial score (nSPS) is 43.9. The topological polar surface area (TPSA) is 102 Å². The summed E-state index contributed by atoms with van der Waals surface area (Å²) in [5.41, 5.74) is 0. The largest absolute Gasteiger partial charge is 0.394 e. The van der Waals surface area contributed by atoms with E-state index in [9.17, 15) is 15.3 Å². The van der Waals surface area contributed by atoms with Gasteiger partial charge in [-0.1, -0.05) is 6.92 Å². The van der Waals surface area contributed by atoms with Crippen LogP contribution >= 0.6 is 0 Å². The monoisotopic (exact) mass is 207 g/mol. The Hall–Kier alpha value is -0.240. The van der Waals surface area contributed by atoms with Crippen LogP contribution in [0.1, 0.15) is 6.92 Å². The van der Waals surface area contributed by atoms with Crippen molar-refractivity contribution in [3.05, 3.63) is 0 Å². The summed E-state index contributed by atoms with van der Waals surface area (Å²) in [4.78, 5) is 0. The van der Waals surface area contributed by atoms with Gasteiger partial charge in [0.2, 0.25) is 0 Å². The molecule has 1 saturated heterocycles. The molecule has 1 aliphatic rings. The van der Waals surface area contributed by atoms with E-state index >= 15 is 0 Å². The minimum absolute atomic E-state index is 0.436. The molecule has 0 spiro atoms. The summed E-state index contributed by atoms with van der Waals surface area (Å²) in [5.74, 6) is 0. The Labute approximate surface area is 82.1 Å². The summed E-state index contributed by atoms with van der Waals surface area (Å²) in [6.07, 6.45) is -4.48. The highest BCUT2D eigenvalue weighted by molar-refractivity contribution is 4.92. The lowest BCUT2D eigenvalue weighted by Gasteiger charge is -2.40. The molecule has 6 heteroatoms. The lowest BCUT2D eigenvalue weighted by molar-refractivity contribution is -0.254. The van der Waals surface area contributed by atoms with Crippen LogP contribution in [0.3, 0.4) is 0 Å². The summed E-state index contributed by atoms with van der Waals surface area (Å²) in [5, 5.41) is 40.0. The number of nitrogens with one attached hydrogen (secondary N) is 1. The number of rotatable bonds is 3. The Morgan fingerprint density at radius 2 is 1.86 bits per heavy atom. The molecule has 0 aliphatic carbocycles. The SMILES string of the molecule is CCN[C@H]1C(O)O[C@H](CO)[C@H](O)[C@@H]1O. The van der Waals surface area contributed by atoms with Gasteiger partial charge in [-0.2, -0.15) is 0 Å². The molecule has 0 bridgehead atoms. The van der Waals surface area contributed by atoms with E-state index in [4.69, 9.17) is 9.84 Å². The van der Waals surface area contributed by atoms with Gasteiger partial charge in [0.05, 0.1) is 12.6 Å². The maximum absolute atomic E-state index is 9.58. The van der Waals surface area contributed by atoms with Gasteiger partial charge < -0.3 is 30.5 Å². The van der Waals surface area contributed by atoms with Crippen molar-refractivity contribution in [1.29, 1.82) is 0 Å². The summed E-state index contributed by atoms with van der Waals surface area (Å²) in [6, 6.07) is -0.724. The van der Waals surface area contributed by atoms with Crippen molar-refractivity contribution in [2.45, 2.75) is 37.6 Å². The summed E-state index contributed by atoms with van der Waals surface area (Å²) in [6.45, 7) is 1.91. The van der Waals surface area contributed by atoms with Crippen LogP contribution in [0.4, 0.5) is 0 Å². The molecule has 14 heavy (non-hydrogen) atoms. The van der Waals surface area contributed by atoms with Crippen molar-refractivity contribution in [3.63, 3.8) is 0 Å². The zero-order valence-corrected chi connectivity index (χ0v) is 8.00. The lowest BCUT2D eigenvalue weighted by Crippen LogP contribution is -2.63. The third-order valence-electron chi connectivity index (χ3n) is 2.34. The van der Waals surface area contributed by atoms with Gasteiger partial charge in [-0.15, -0.1) is 0 Å². The van der Waals surface area contributed by atoms with Gasteiger partial charge in [0.25, 0.3) is 0 Å². The fourth-order valence-corrected chi connectivity index (χ4v) is 1.55. The van der Waals surface area contributed by atoms with Crippen LogP contribution in [0, 0.1) is 0 Å². The molecule has 84 valence electrons. The van der Waals surface area contributed by atoms with E-state index in [1.54, 1.807) is 0 Å². The minimum atomic E-state index is -1.22. The molecule has 0 radical (unpaired) electrons. The van der Waals surface area contributed by atoms with Crippen LogP contribution in [-0.2, 0) is 4.74 Å². The first-order valence-electron chi connectivity index (χ1n) is 4.65. The highest BCUT2D eigenvalue weighted by Crippen LogP contribution is 2.19. The molecular weight excluding hydrogens is 190 g/mol. The highest BCUT2D eigenvalue weighted by atomic mass is 16.6. The third-order valence-corrected chi connectivity index (χ3v) is 2.34. The van der Waals surface area contributed by atoms with Gasteiger partial charge in [-0.3, -0.25) is 0 Å². The van der Waals surface area contributed by atoms with E-state index in [1.807, 2.05) is 6.92 Å². The summed E-state index contributed by atoms with van der Waals surface area (Å²) < 4.78 is 4.92. The van der Waals surface area contributed by atoms with E-state index in [0.29, 0.717) is 6.54 Å². The zero-order chi connectivity index (χ0) is 10.7.